The fourth-order valence-electron chi connectivity index (χ4n) is 4.35. The van der Waals surface area contributed by atoms with Crippen molar-refractivity contribution in [3.05, 3.63) is 69.1 Å². The van der Waals surface area contributed by atoms with E-state index >= 15 is 0 Å². The lowest BCUT2D eigenvalue weighted by Crippen LogP contribution is -2.23. The summed E-state index contributed by atoms with van der Waals surface area (Å²) in [5.74, 6) is 1.68. The number of carbonyl (C=O) groups excluding carboxylic acids is 2. The monoisotopic (exact) mass is 588 g/mol. The number of hydrogen-bond acceptors (Lipinski definition) is 5. The SMILES string of the molecule is CC(=O)NCCc1nnc(SCC(=O)c2ccc(C3CCCCC3)cc2)n1-c1ccc(I)cc1. The summed E-state index contributed by atoms with van der Waals surface area (Å²) in [6.45, 7) is 1.98. The Morgan fingerprint density at radius 1 is 1.03 bits per heavy atom. The molecule has 6 nitrogen and oxygen atoms in total. The van der Waals surface area contributed by atoms with Gasteiger partial charge < -0.3 is 5.32 Å². The van der Waals surface area contributed by atoms with E-state index in [-0.39, 0.29) is 17.4 Å². The van der Waals surface area contributed by atoms with Crippen LogP contribution < -0.4 is 5.32 Å². The van der Waals surface area contributed by atoms with Gasteiger partial charge in [0.15, 0.2) is 10.9 Å². The zero-order valence-corrected chi connectivity index (χ0v) is 22.3. The predicted molar refractivity (Wildman–Crippen MR) is 144 cm³/mol. The topological polar surface area (TPSA) is 76.9 Å². The number of benzene rings is 2. The third-order valence-corrected chi connectivity index (χ3v) is 7.80. The quantitative estimate of drug-likeness (QED) is 0.201. The van der Waals surface area contributed by atoms with Crippen LogP contribution in [0.1, 0.15) is 66.7 Å². The molecule has 8 heteroatoms. The molecule has 0 unspecified atom stereocenters. The maximum atomic E-state index is 12.9. The van der Waals surface area contributed by atoms with Crippen molar-refractivity contribution >= 4 is 46.0 Å². The molecule has 0 atom stereocenters. The Bertz CT molecular complexity index is 1120. The minimum absolute atomic E-state index is 0.0740. The number of rotatable bonds is 9. The van der Waals surface area contributed by atoms with Crippen LogP contribution in [0.3, 0.4) is 0 Å². The standard InChI is InChI=1S/C26H29IN4O2S/c1-18(32)28-16-15-25-29-30-26(31(25)23-13-11-22(27)12-14-23)34-17-24(33)21-9-7-20(8-10-21)19-5-3-2-4-6-19/h7-14,19H,2-6,15-17H2,1H3,(H,28,32). The highest BCUT2D eigenvalue weighted by Gasteiger charge is 2.18. The number of aromatic nitrogens is 3. The molecular weight excluding hydrogens is 559 g/mol. The Morgan fingerprint density at radius 3 is 2.41 bits per heavy atom. The predicted octanol–water partition coefficient (Wildman–Crippen LogP) is 5.57. The highest BCUT2D eigenvalue weighted by Crippen LogP contribution is 2.32. The molecule has 1 amide bonds. The summed E-state index contributed by atoms with van der Waals surface area (Å²) in [7, 11) is 0. The molecule has 1 fully saturated rings. The van der Waals surface area contributed by atoms with E-state index in [4.69, 9.17) is 0 Å². The first-order valence-electron chi connectivity index (χ1n) is 11.7. The van der Waals surface area contributed by atoms with Gasteiger partial charge in [-0.25, -0.2) is 0 Å². The number of halogens is 1. The van der Waals surface area contributed by atoms with Crippen molar-refractivity contribution in [3.8, 4) is 5.69 Å². The van der Waals surface area contributed by atoms with Crippen LogP contribution >= 0.6 is 34.4 Å². The molecule has 3 aromatic rings. The highest BCUT2D eigenvalue weighted by molar-refractivity contribution is 14.1. The lowest BCUT2D eigenvalue weighted by Gasteiger charge is -2.22. The van der Waals surface area contributed by atoms with Gasteiger partial charge in [0.05, 0.1) is 5.75 Å². The number of carbonyl (C=O) groups is 2. The second kappa shape index (κ2) is 12.0. The number of Topliss-reactive ketones (excluding diaryl/α,β-unsaturated/α-hetero) is 1. The van der Waals surface area contributed by atoms with Gasteiger partial charge in [0.2, 0.25) is 5.91 Å². The van der Waals surface area contributed by atoms with Crippen LogP contribution in [0.4, 0.5) is 0 Å². The van der Waals surface area contributed by atoms with Crippen LogP contribution in [0.15, 0.2) is 53.7 Å². The molecule has 178 valence electrons. The minimum atomic E-state index is -0.0740. The fraction of sp³-hybridized carbons (Fsp3) is 0.385. The lowest BCUT2D eigenvalue weighted by molar-refractivity contribution is -0.118. The van der Waals surface area contributed by atoms with Crippen LogP contribution in [-0.2, 0) is 11.2 Å². The molecule has 1 aliphatic carbocycles. The van der Waals surface area contributed by atoms with Crippen molar-refractivity contribution < 1.29 is 9.59 Å². The van der Waals surface area contributed by atoms with Crippen molar-refractivity contribution in [1.29, 1.82) is 0 Å². The van der Waals surface area contributed by atoms with Crippen molar-refractivity contribution in [2.45, 2.75) is 56.5 Å². The molecule has 2 aromatic carbocycles. The Kier molecular flexibility index (Phi) is 8.77. The zero-order chi connectivity index (χ0) is 23.9. The molecule has 1 N–H and O–H groups in total. The molecule has 1 heterocycles. The molecule has 1 aromatic heterocycles. The Hall–Kier alpha value is -2.20. The van der Waals surface area contributed by atoms with E-state index in [1.165, 1.54) is 56.4 Å². The summed E-state index contributed by atoms with van der Waals surface area (Å²) >= 11 is 3.66. The van der Waals surface area contributed by atoms with Crippen LogP contribution in [0.5, 0.6) is 0 Å². The van der Waals surface area contributed by atoms with Gasteiger partial charge in [-0.1, -0.05) is 55.3 Å². The van der Waals surface area contributed by atoms with Gasteiger partial charge in [-0.15, -0.1) is 10.2 Å². The molecule has 0 aliphatic heterocycles. The maximum absolute atomic E-state index is 12.9. The zero-order valence-electron chi connectivity index (χ0n) is 19.3. The number of ketones is 1. The number of thioether (sulfide) groups is 1. The molecule has 0 spiro atoms. The minimum Gasteiger partial charge on any atom is -0.356 e. The second-order valence-corrected chi connectivity index (χ2v) is 10.8. The first kappa shape index (κ1) is 24.9. The third kappa shape index (κ3) is 6.47. The normalized spacial score (nSPS) is 14.2. The number of hydrogen-bond donors (Lipinski definition) is 1. The van der Waals surface area contributed by atoms with Gasteiger partial charge in [-0.05, 0) is 71.2 Å². The number of amides is 1. The summed E-state index contributed by atoms with van der Waals surface area (Å²) in [5, 5.41) is 12.2. The largest absolute Gasteiger partial charge is 0.356 e. The number of nitrogens with one attached hydrogen (secondary N) is 1. The van der Waals surface area contributed by atoms with Crippen LogP contribution in [0.2, 0.25) is 0 Å². The smallest absolute Gasteiger partial charge is 0.216 e. The summed E-state index contributed by atoms with van der Waals surface area (Å²) in [5.41, 5.74) is 3.03. The van der Waals surface area contributed by atoms with E-state index in [0.29, 0.717) is 24.0 Å². The van der Waals surface area contributed by atoms with E-state index in [1.54, 1.807) is 0 Å². The summed E-state index contributed by atoms with van der Waals surface area (Å²) < 4.78 is 3.11. The molecule has 34 heavy (non-hydrogen) atoms. The molecule has 0 radical (unpaired) electrons. The fourth-order valence-corrected chi connectivity index (χ4v) is 5.57. The van der Waals surface area contributed by atoms with Crippen LogP contribution in [0.25, 0.3) is 5.69 Å². The summed E-state index contributed by atoms with van der Waals surface area (Å²) in [4.78, 5) is 24.2. The molecule has 1 saturated carbocycles. The van der Waals surface area contributed by atoms with Gasteiger partial charge in [0.25, 0.3) is 0 Å². The molecule has 4 rings (SSSR count). The second-order valence-electron chi connectivity index (χ2n) is 8.61. The molecule has 0 bridgehead atoms. The Balaban J connectivity index is 1.46. The van der Waals surface area contributed by atoms with Crippen molar-refractivity contribution in [2.24, 2.45) is 0 Å². The van der Waals surface area contributed by atoms with E-state index in [1.807, 2.05) is 41.0 Å². The lowest BCUT2D eigenvalue weighted by atomic mass is 9.84. The van der Waals surface area contributed by atoms with E-state index in [9.17, 15) is 9.59 Å². The van der Waals surface area contributed by atoms with Gasteiger partial charge in [0.1, 0.15) is 5.82 Å². The number of nitrogens with zero attached hydrogens (tertiary/aromatic N) is 3. The van der Waals surface area contributed by atoms with Gasteiger partial charge in [-0.2, -0.15) is 0 Å². The maximum Gasteiger partial charge on any atom is 0.216 e. The Morgan fingerprint density at radius 2 is 1.74 bits per heavy atom. The van der Waals surface area contributed by atoms with E-state index in [2.05, 4.69) is 50.2 Å². The average Bonchev–Trinajstić information content (AvgIpc) is 3.26. The summed E-state index contributed by atoms with van der Waals surface area (Å²) in [6, 6.07) is 16.3. The molecular formula is C26H29IN4O2S. The van der Waals surface area contributed by atoms with Gasteiger partial charge in [0, 0.05) is 34.7 Å². The van der Waals surface area contributed by atoms with Gasteiger partial charge >= 0.3 is 0 Å². The average molecular weight is 589 g/mol. The van der Waals surface area contributed by atoms with Crippen molar-refractivity contribution in [3.63, 3.8) is 0 Å². The Labute approximate surface area is 218 Å². The highest BCUT2D eigenvalue weighted by atomic mass is 127. The van der Waals surface area contributed by atoms with Crippen LogP contribution in [0, 0.1) is 3.57 Å². The van der Waals surface area contributed by atoms with Gasteiger partial charge in [-0.3, -0.25) is 14.2 Å². The third-order valence-electron chi connectivity index (χ3n) is 6.15. The van der Waals surface area contributed by atoms with Crippen molar-refractivity contribution in [2.75, 3.05) is 12.3 Å². The summed E-state index contributed by atoms with van der Waals surface area (Å²) in [6.07, 6.45) is 7.00. The first-order valence-corrected chi connectivity index (χ1v) is 13.8. The first-order chi connectivity index (χ1) is 16.5. The van der Waals surface area contributed by atoms with Crippen LogP contribution in [-0.4, -0.2) is 38.8 Å². The van der Waals surface area contributed by atoms with E-state index < -0.39 is 0 Å². The van der Waals surface area contributed by atoms with E-state index in [0.717, 1.165) is 20.6 Å². The molecule has 0 saturated heterocycles. The molecule has 1 aliphatic rings. The van der Waals surface area contributed by atoms with Crippen molar-refractivity contribution in [1.82, 2.24) is 20.1 Å².